The first-order valence-electron chi connectivity index (χ1n) is 9.07. The second kappa shape index (κ2) is 9.61. The molecule has 0 aliphatic carbocycles. The van der Waals surface area contributed by atoms with Crippen LogP contribution in [0, 0.1) is 0 Å². The SMILES string of the molecule is O=S(=O)(/C=C/c1ccccc1)N1CCN(S(=O)(=O)c2ccc(OC(F)F)c(Cl)c2)CC1. The average Bonchev–Trinajstić information content (AvgIpc) is 2.74. The topological polar surface area (TPSA) is 84.0 Å². The molecule has 0 radical (unpaired) electrons. The fourth-order valence-electron chi connectivity index (χ4n) is 2.96. The number of alkyl halides is 2. The molecule has 1 heterocycles. The predicted molar refractivity (Wildman–Crippen MR) is 113 cm³/mol. The van der Waals surface area contributed by atoms with Crippen LogP contribution in [-0.4, -0.2) is 58.2 Å². The zero-order valence-electron chi connectivity index (χ0n) is 16.1. The van der Waals surface area contributed by atoms with Gasteiger partial charge in [-0.3, -0.25) is 0 Å². The highest BCUT2D eigenvalue weighted by atomic mass is 35.5. The van der Waals surface area contributed by atoms with Gasteiger partial charge in [-0.1, -0.05) is 41.9 Å². The maximum Gasteiger partial charge on any atom is 0.387 e. The molecule has 0 unspecified atom stereocenters. The number of hydrogen-bond donors (Lipinski definition) is 0. The lowest BCUT2D eigenvalue weighted by molar-refractivity contribution is -0.0498. The average molecular weight is 493 g/mol. The van der Waals surface area contributed by atoms with Gasteiger partial charge in [-0.15, -0.1) is 0 Å². The van der Waals surface area contributed by atoms with E-state index < -0.39 is 26.7 Å². The van der Waals surface area contributed by atoms with Crippen LogP contribution in [0.25, 0.3) is 6.08 Å². The third-order valence-corrected chi connectivity index (χ3v) is 8.30. The van der Waals surface area contributed by atoms with E-state index in [4.69, 9.17) is 11.6 Å². The molecular weight excluding hydrogens is 474 g/mol. The lowest BCUT2D eigenvalue weighted by Gasteiger charge is -2.32. The van der Waals surface area contributed by atoms with E-state index in [1.165, 1.54) is 10.4 Å². The second-order valence-corrected chi connectivity index (χ2v) is 10.7. The maximum atomic E-state index is 12.8. The smallest absolute Gasteiger partial charge is 0.387 e. The highest BCUT2D eigenvalue weighted by molar-refractivity contribution is 7.92. The van der Waals surface area contributed by atoms with Gasteiger partial charge in [0.25, 0.3) is 0 Å². The highest BCUT2D eigenvalue weighted by Gasteiger charge is 2.32. The Bertz CT molecular complexity index is 1150. The number of rotatable bonds is 7. The van der Waals surface area contributed by atoms with E-state index in [0.717, 1.165) is 33.5 Å². The lowest BCUT2D eigenvalue weighted by atomic mass is 10.2. The molecule has 0 saturated carbocycles. The van der Waals surface area contributed by atoms with E-state index in [0.29, 0.717) is 0 Å². The van der Waals surface area contributed by atoms with E-state index in [1.807, 2.05) is 6.07 Å². The number of halogens is 3. The van der Waals surface area contributed by atoms with Gasteiger partial charge in [-0.2, -0.15) is 17.4 Å². The van der Waals surface area contributed by atoms with Gasteiger partial charge in [0.05, 0.1) is 9.92 Å². The van der Waals surface area contributed by atoms with Gasteiger partial charge >= 0.3 is 6.61 Å². The molecule has 1 aliphatic heterocycles. The van der Waals surface area contributed by atoms with Crippen LogP contribution >= 0.6 is 11.6 Å². The van der Waals surface area contributed by atoms with Crippen LogP contribution in [0.5, 0.6) is 5.75 Å². The summed E-state index contributed by atoms with van der Waals surface area (Å²) < 4.78 is 82.0. The largest absolute Gasteiger partial charge is 0.433 e. The summed E-state index contributed by atoms with van der Waals surface area (Å²) in [6.07, 6.45) is 1.48. The fraction of sp³-hybridized carbons (Fsp3) is 0.263. The van der Waals surface area contributed by atoms with Gasteiger partial charge in [-0.05, 0) is 29.8 Å². The molecule has 0 bridgehead atoms. The molecule has 31 heavy (non-hydrogen) atoms. The Morgan fingerprint density at radius 1 is 0.935 bits per heavy atom. The minimum absolute atomic E-state index is 0.0268. The molecule has 1 fully saturated rings. The van der Waals surface area contributed by atoms with Crippen LogP contribution in [0.15, 0.2) is 58.8 Å². The van der Waals surface area contributed by atoms with Gasteiger partial charge in [0.2, 0.25) is 20.0 Å². The molecule has 0 amide bonds. The zero-order chi connectivity index (χ0) is 22.6. The molecular formula is C19H19ClF2N2O5S2. The van der Waals surface area contributed by atoms with Gasteiger partial charge in [0, 0.05) is 31.6 Å². The van der Waals surface area contributed by atoms with Crippen molar-refractivity contribution in [2.75, 3.05) is 26.2 Å². The summed E-state index contributed by atoms with van der Waals surface area (Å²) in [5.41, 5.74) is 0.725. The molecule has 7 nitrogen and oxygen atoms in total. The Kier molecular flexibility index (Phi) is 7.32. The molecule has 12 heteroatoms. The summed E-state index contributed by atoms with van der Waals surface area (Å²) in [6, 6.07) is 12.1. The highest BCUT2D eigenvalue weighted by Crippen LogP contribution is 2.30. The van der Waals surface area contributed by atoms with Gasteiger partial charge in [0.1, 0.15) is 5.75 Å². The summed E-state index contributed by atoms with van der Waals surface area (Å²) in [4.78, 5) is -0.195. The van der Waals surface area contributed by atoms with E-state index >= 15 is 0 Å². The first kappa shape index (κ1) is 23.6. The van der Waals surface area contributed by atoms with E-state index in [1.54, 1.807) is 24.3 Å². The summed E-state index contributed by atoms with van der Waals surface area (Å²) in [5, 5.41) is 0.821. The van der Waals surface area contributed by atoms with Gasteiger partial charge in [-0.25, -0.2) is 16.8 Å². The molecule has 1 aliphatic rings. The van der Waals surface area contributed by atoms with Crippen LogP contribution in [0.2, 0.25) is 5.02 Å². The standard InChI is InChI=1S/C19H19ClF2N2O5S2/c20-17-14-16(6-7-18(17)29-19(21)22)31(27,28)24-11-9-23(10-12-24)30(25,26)13-8-15-4-2-1-3-5-15/h1-8,13-14,19H,9-12H2/b13-8+. The Labute approximate surface area is 184 Å². The monoisotopic (exact) mass is 492 g/mol. The molecule has 0 N–H and O–H groups in total. The van der Waals surface area contributed by atoms with Crippen molar-refractivity contribution in [1.29, 1.82) is 0 Å². The Morgan fingerprint density at radius 3 is 2.13 bits per heavy atom. The van der Waals surface area contributed by atoms with Gasteiger partial charge < -0.3 is 4.74 Å². The van der Waals surface area contributed by atoms with Crippen LogP contribution in [0.4, 0.5) is 8.78 Å². The maximum absolute atomic E-state index is 12.8. The molecule has 1 saturated heterocycles. The van der Waals surface area contributed by atoms with Crippen molar-refractivity contribution in [1.82, 2.24) is 8.61 Å². The van der Waals surface area contributed by atoms with Crippen molar-refractivity contribution in [3.63, 3.8) is 0 Å². The van der Waals surface area contributed by atoms with Crippen LogP contribution in [0.3, 0.4) is 0 Å². The minimum atomic E-state index is -3.99. The first-order chi connectivity index (χ1) is 14.6. The quantitative estimate of drug-likeness (QED) is 0.592. The van der Waals surface area contributed by atoms with Crippen molar-refractivity contribution in [2.24, 2.45) is 0 Å². The normalized spacial score (nSPS) is 16.8. The van der Waals surface area contributed by atoms with Gasteiger partial charge in [0.15, 0.2) is 0 Å². The Morgan fingerprint density at radius 2 is 1.55 bits per heavy atom. The summed E-state index contributed by atoms with van der Waals surface area (Å²) >= 11 is 5.85. The Balaban J connectivity index is 1.68. The van der Waals surface area contributed by atoms with Crippen LogP contribution < -0.4 is 4.74 Å². The molecule has 0 aromatic heterocycles. The van der Waals surface area contributed by atoms with Crippen molar-refractivity contribution in [2.45, 2.75) is 11.5 Å². The molecule has 168 valence electrons. The zero-order valence-corrected chi connectivity index (χ0v) is 18.5. The number of piperazine rings is 1. The predicted octanol–water partition coefficient (Wildman–Crippen LogP) is 3.25. The first-order valence-corrected chi connectivity index (χ1v) is 12.4. The van der Waals surface area contributed by atoms with Crippen molar-refractivity contribution in [3.05, 3.63) is 64.5 Å². The minimum Gasteiger partial charge on any atom is -0.433 e. The summed E-state index contributed by atoms with van der Waals surface area (Å²) in [6.45, 7) is -3.27. The Hall–Kier alpha value is -2.05. The van der Waals surface area contributed by atoms with E-state index in [-0.39, 0.29) is 41.8 Å². The molecule has 3 rings (SSSR count). The fourth-order valence-corrected chi connectivity index (χ4v) is 5.87. The molecule has 0 atom stereocenters. The number of hydrogen-bond acceptors (Lipinski definition) is 5. The summed E-state index contributed by atoms with van der Waals surface area (Å²) in [7, 11) is -7.70. The van der Waals surface area contributed by atoms with Crippen molar-refractivity contribution < 1.29 is 30.4 Å². The third-order valence-electron chi connectivity index (χ3n) is 4.55. The van der Waals surface area contributed by atoms with Crippen LogP contribution in [-0.2, 0) is 20.0 Å². The van der Waals surface area contributed by atoms with E-state index in [2.05, 4.69) is 4.74 Å². The number of benzene rings is 2. The number of nitrogens with zero attached hydrogens (tertiary/aromatic N) is 2. The summed E-state index contributed by atoms with van der Waals surface area (Å²) in [5.74, 6) is -0.336. The second-order valence-electron chi connectivity index (χ2n) is 6.53. The van der Waals surface area contributed by atoms with Crippen molar-refractivity contribution in [3.8, 4) is 5.75 Å². The van der Waals surface area contributed by atoms with E-state index in [9.17, 15) is 25.6 Å². The third kappa shape index (κ3) is 5.80. The number of sulfonamides is 2. The molecule has 2 aromatic carbocycles. The van der Waals surface area contributed by atoms with Crippen molar-refractivity contribution >= 4 is 37.7 Å². The van der Waals surface area contributed by atoms with Crippen LogP contribution in [0.1, 0.15) is 5.56 Å². The molecule has 0 spiro atoms. The number of ether oxygens (including phenoxy) is 1. The lowest BCUT2D eigenvalue weighted by Crippen LogP contribution is -2.49. The molecule has 2 aromatic rings.